The van der Waals surface area contributed by atoms with Gasteiger partial charge in [-0.1, -0.05) is 6.07 Å². The van der Waals surface area contributed by atoms with Crippen LogP contribution in [-0.2, 0) is 6.54 Å². The molecule has 0 atom stereocenters. The fourth-order valence-electron chi connectivity index (χ4n) is 2.48. The van der Waals surface area contributed by atoms with Crippen LogP contribution in [0.25, 0.3) is 0 Å². The molecule has 1 fully saturated rings. The van der Waals surface area contributed by atoms with Gasteiger partial charge in [-0.2, -0.15) is 0 Å². The van der Waals surface area contributed by atoms with E-state index in [0.29, 0.717) is 5.54 Å². The molecule has 1 saturated heterocycles. The lowest BCUT2D eigenvalue weighted by molar-refractivity contribution is 0.166. The lowest BCUT2D eigenvalue weighted by atomic mass is 10.0. The summed E-state index contributed by atoms with van der Waals surface area (Å²) in [5.41, 5.74) is 1.65. The van der Waals surface area contributed by atoms with Crippen LogP contribution in [0.15, 0.2) is 18.3 Å². The number of hydrogen-bond donors (Lipinski definition) is 1. The Morgan fingerprint density at radius 1 is 1.41 bits per heavy atom. The largest absolute Gasteiger partial charge is 0.370 e. The van der Waals surface area contributed by atoms with Crippen LogP contribution in [0, 0.1) is 0 Å². The Labute approximate surface area is 104 Å². The van der Waals surface area contributed by atoms with E-state index in [2.05, 4.69) is 48.1 Å². The van der Waals surface area contributed by atoms with E-state index in [1.54, 1.807) is 0 Å². The summed E-state index contributed by atoms with van der Waals surface area (Å²) in [6, 6.07) is 4.25. The third kappa shape index (κ3) is 2.97. The Hall–Kier alpha value is -1.09. The van der Waals surface area contributed by atoms with Gasteiger partial charge < -0.3 is 5.32 Å². The minimum Gasteiger partial charge on any atom is -0.370 e. The van der Waals surface area contributed by atoms with E-state index in [1.807, 2.05) is 6.20 Å². The smallest absolute Gasteiger partial charge is 0.125 e. The zero-order valence-corrected chi connectivity index (χ0v) is 11.2. The van der Waals surface area contributed by atoms with Crippen molar-refractivity contribution >= 4 is 5.82 Å². The molecule has 1 N–H and O–H groups in total. The molecule has 0 amide bonds. The van der Waals surface area contributed by atoms with Gasteiger partial charge in [-0.15, -0.1) is 0 Å². The van der Waals surface area contributed by atoms with Crippen LogP contribution in [0.3, 0.4) is 0 Å². The van der Waals surface area contributed by atoms with Gasteiger partial charge in [0, 0.05) is 24.8 Å². The molecule has 0 spiro atoms. The van der Waals surface area contributed by atoms with Crippen molar-refractivity contribution in [2.24, 2.45) is 0 Å². The molecule has 0 saturated carbocycles. The van der Waals surface area contributed by atoms with E-state index in [4.69, 9.17) is 0 Å². The van der Waals surface area contributed by atoms with Gasteiger partial charge in [0.1, 0.15) is 5.82 Å². The highest BCUT2D eigenvalue weighted by molar-refractivity contribution is 5.35. The van der Waals surface area contributed by atoms with E-state index in [9.17, 15) is 0 Å². The molecular formula is C14H23N3. The lowest BCUT2D eigenvalue weighted by Gasteiger charge is -2.31. The molecule has 1 aliphatic heterocycles. The summed E-state index contributed by atoms with van der Waals surface area (Å²) in [6.45, 7) is 9.91. The normalized spacial score (nSPS) is 19.5. The summed E-state index contributed by atoms with van der Waals surface area (Å²) in [4.78, 5) is 6.97. The van der Waals surface area contributed by atoms with Crippen molar-refractivity contribution in [2.75, 3.05) is 18.4 Å². The Morgan fingerprint density at radius 3 is 2.76 bits per heavy atom. The highest BCUT2D eigenvalue weighted by Gasteiger charge is 2.31. The van der Waals surface area contributed by atoms with Gasteiger partial charge in [0.25, 0.3) is 0 Å². The molecule has 3 nitrogen and oxygen atoms in total. The van der Waals surface area contributed by atoms with E-state index < -0.39 is 0 Å². The Kier molecular flexibility index (Phi) is 3.67. The second kappa shape index (κ2) is 5.05. The second-order valence-electron chi connectivity index (χ2n) is 5.42. The topological polar surface area (TPSA) is 28.2 Å². The van der Waals surface area contributed by atoms with Crippen LogP contribution in [0.5, 0.6) is 0 Å². The number of anilines is 1. The maximum absolute atomic E-state index is 4.42. The minimum atomic E-state index is 0.348. The quantitative estimate of drug-likeness (QED) is 0.866. The van der Waals surface area contributed by atoms with Gasteiger partial charge in [-0.25, -0.2) is 4.98 Å². The highest BCUT2D eigenvalue weighted by atomic mass is 15.2. The average Bonchev–Trinajstić information content (AvgIpc) is 2.62. The first-order valence-electron chi connectivity index (χ1n) is 6.55. The number of hydrogen-bond acceptors (Lipinski definition) is 3. The molecule has 17 heavy (non-hydrogen) atoms. The molecular weight excluding hydrogens is 210 g/mol. The van der Waals surface area contributed by atoms with Crippen molar-refractivity contribution in [1.82, 2.24) is 9.88 Å². The van der Waals surface area contributed by atoms with Crippen LogP contribution in [0.1, 0.15) is 39.2 Å². The fourth-order valence-corrected chi connectivity index (χ4v) is 2.48. The van der Waals surface area contributed by atoms with Crippen LogP contribution in [0.2, 0.25) is 0 Å². The van der Waals surface area contributed by atoms with Gasteiger partial charge >= 0.3 is 0 Å². The minimum absolute atomic E-state index is 0.348. The van der Waals surface area contributed by atoms with Crippen LogP contribution in [0.4, 0.5) is 5.82 Å². The van der Waals surface area contributed by atoms with Gasteiger partial charge in [-0.3, -0.25) is 4.90 Å². The van der Waals surface area contributed by atoms with Gasteiger partial charge in [-0.05, 0) is 51.8 Å². The number of pyridine rings is 1. The maximum atomic E-state index is 4.42. The molecule has 1 aromatic heterocycles. The third-order valence-electron chi connectivity index (χ3n) is 3.63. The van der Waals surface area contributed by atoms with E-state index >= 15 is 0 Å². The average molecular weight is 233 g/mol. The van der Waals surface area contributed by atoms with Crippen LogP contribution < -0.4 is 5.32 Å². The van der Waals surface area contributed by atoms with Crippen molar-refractivity contribution < 1.29 is 0 Å². The summed E-state index contributed by atoms with van der Waals surface area (Å²) in [7, 11) is 0. The Bertz CT molecular complexity index is 356. The molecule has 0 radical (unpaired) electrons. The number of likely N-dealkylation sites (tertiary alicyclic amines) is 1. The Balaban J connectivity index is 1.99. The van der Waals surface area contributed by atoms with Crippen molar-refractivity contribution in [2.45, 2.75) is 45.7 Å². The second-order valence-corrected chi connectivity index (χ2v) is 5.42. The van der Waals surface area contributed by atoms with Crippen molar-refractivity contribution in [3.63, 3.8) is 0 Å². The monoisotopic (exact) mass is 233 g/mol. The molecule has 2 rings (SSSR count). The standard InChI is InChI=1S/C14H23N3/c1-4-15-13-7-6-12(10-16-13)11-17-9-5-8-14(17,2)3/h6-7,10H,4-5,8-9,11H2,1-3H3,(H,15,16). The number of nitrogens with zero attached hydrogens (tertiary/aromatic N) is 2. The highest BCUT2D eigenvalue weighted by Crippen LogP contribution is 2.29. The predicted octanol–water partition coefficient (Wildman–Crippen LogP) is 2.89. The zero-order chi connectivity index (χ0) is 12.3. The third-order valence-corrected chi connectivity index (χ3v) is 3.63. The molecule has 0 aliphatic carbocycles. The van der Waals surface area contributed by atoms with Crippen LogP contribution >= 0.6 is 0 Å². The SMILES string of the molecule is CCNc1ccc(CN2CCCC2(C)C)cn1. The van der Waals surface area contributed by atoms with Crippen molar-refractivity contribution in [1.29, 1.82) is 0 Å². The first-order chi connectivity index (χ1) is 8.12. The number of rotatable bonds is 4. The summed E-state index contributed by atoms with van der Waals surface area (Å²) < 4.78 is 0. The fraction of sp³-hybridized carbons (Fsp3) is 0.643. The molecule has 2 heterocycles. The maximum Gasteiger partial charge on any atom is 0.125 e. The van der Waals surface area contributed by atoms with Gasteiger partial charge in [0.15, 0.2) is 0 Å². The first kappa shape index (κ1) is 12.4. The summed E-state index contributed by atoms with van der Waals surface area (Å²) >= 11 is 0. The van der Waals surface area contributed by atoms with Crippen molar-refractivity contribution in [3.8, 4) is 0 Å². The molecule has 3 heteroatoms. The number of aromatic nitrogens is 1. The van der Waals surface area contributed by atoms with E-state index in [-0.39, 0.29) is 0 Å². The van der Waals surface area contributed by atoms with Gasteiger partial charge in [0.05, 0.1) is 0 Å². The number of nitrogens with one attached hydrogen (secondary N) is 1. The van der Waals surface area contributed by atoms with E-state index in [0.717, 1.165) is 18.9 Å². The Morgan fingerprint density at radius 2 is 2.24 bits per heavy atom. The molecule has 0 aromatic carbocycles. The van der Waals surface area contributed by atoms with Crippen LogP contribution in [-0.4, -0.2) is 28.5 Å². The molecule has 94 valence electrons. The lowest BCUT2D eigenvalue weighted by Crippen LogP contribution is -2.37. The summed E-state index contributed by atoms with van der Waals surface area (Å²) in [6.07, 6.45) is 4.61. The zero-order valence-electron chi connectivity index (χ0n) is 11.2. The summed E-state index contributed by atoms with van der Waals surface area (Å²) in [5, 5.41) is 3.22. The molecule has 0 bridgehead atoms. The van der Waals surface area contributed by atoms with Gasteiger partial charge in [0.2, 0.25) is 0 Å². The molecule has 0 unspecified atom stereocenters. The van der Waals surface area contributed by atoms with Crippen molar-refractivity contribution in [3.05, 3.63) is 23.9 Å². The summed E-state index contributed by atoms with van der Waals surface area (Å²) in [5.74, 6) is 0.969. The first-order valence-corrected chi connectivity index (χ1v) is 6.55. The predicted molar refractivity (Wildman–Crippen MR) is 72.1 cm³/mol. The molecule has 1 aromatic rings. The van der Waals surface area contributed by atoms with E-state index in [1.165, 1.54) is 24.9 Å². The molecule has 1 aliphatic rings.